The number of amides is 1. The number of nitrogens with zero attached hydrogens (tertiary/aromatic N) is 2. The van der Waals surface area contributed by atoms with Crippen LogP contribution in [0.5, 0.6) is 0 Å². The summed E-state index contributed by atoms with van der Waals surface area (Å²) in [6.07, 6.45) is 0. The van der Waals surface area contributed by atoms with Crippen molar-refractivity contribution < 1.29 is 9.90 Å². The van der Waals surface area contributed by atoms with Gasteiger partial charge in [0.15, 0.2) is 5.11 Å². The number of piperazine rings is 1. The summed E-state index contributed by atoms with van der Waals surface area (Å²) < 4.78 is 0. The standard InChI is InChI=1S/C14H18ClN3O2S/c15-12-4-2-1-3-11(12)13(20)16-14(21)18-7-5-17(6-8-18)9-10-19/h1-4,19H,5-10H2,(H,16,20,21). The van der Waals surface area contributed by atoms with Gasteiger partial charge in [-0.05, 0) is 24.4 Å². The van der Waals surface area contributed by atoms with Crippen LogP contribution in [-0.4, -0.2) is 65.3 Å². The first kappa shape index (κ1) is 16.2. The van der Waals surface area contributed by atoms with E-state index in [1.54, 1.807) is 24.3 Å². The molecule has 2 N–H and O–H groups in total. The smallest absolute Gasteiger partial charge is 0.258 e. The minimum atomic E-state index is -0.289. The molecule has 1 saturated heterocycles. The molecule has 0 radical (unpaired) electrons. The van der Waals surface area contributed by atoms with E-state index in [0.29, 0.717) is 22.2 Å². The first-order valence-corrected chi connectivity index (χ1v) is 7.58. The number of carbonyl (C=O) groups is 1. The van der Waals surface area contributed by atoms with Crippen LogP contribution in [0.15, 0.2) is 24.3 Å². The summed E-state index contributed by atoms with van der Waals surface area (Å²) >= 11 is 11.3. The van der Waals surface area contributed by atoms with Crippen LogP contribution in [0.4, 0.5) is 0 Å². The largest absolute Gasteiger partial charge is 0.395 e. The van der Waals surface area contributed by atoms with Gasteiger partial charge in [-0.3, -0.25) is 15.0 Å². The van der Waals surface area contributed by atoms with E-state index in [9.17, 15) is 4.79 Å². The SMILES string of the molecule is O=C(NC(=S)N1CCN(CCO)CC1)c1ccccc1Cl. The van der Waals surface area contributed by atoms with Crippen molar-refractivity contribution in [2.75, 3.05) is 39.3 Å². The zero-order chi connectivity index (χ0) is 15.2. The molecular formula is C14H18ClN3O2S. The summed E-state index contributed by atoms with van der Waals surface area (Å²) in [7, 11) is 0. The van der Waals surface area contributed by atoms with Gasteiger partial charge in [0.2, 0.25) is 0 Å². The van der Waals surface area contributed by atoms with Gasteiger partial charge in [-0.1, -0.05) is 23.7 Å². The lowest BCUT2D eigenvalue weighted by Crippen LogP contribution is -2.53. The van der Waals surface area contributed by atoms with Gasteiger partial charge in [-0.15, -0.1) is 0 Å². The summed E-state index contributed by atoms with van der Waals surface area (Å²) in [6, 6.07) is 6.88. The number of aliphatic hydroxyl groups excluding tert-OH is 1. The van der Waals surface area contributed by atoms with E-state index in [1.807, 2.05) is 4.90 Å². The van der Waals surface area contributed by atoms with Crippen molar-refractivity contribution >= 4 is 34.8 Å². The fourth-order valence-corrected chi connectivity index (χ4v) is 2.70. The molecule has 1 heterocycles. The topological polar surface area (TPSA) is 55.8 Å². The van der Waals surface area contributed by atoms with Crippen molar-refractivity contribution in [3.05, 3.63) is 34.9 Å². The van der Waals surface area contributed by atoms with E-state index in [1.165, 1.54) is 0 Å². The third kappa shape index (κ3) is 4.38. The second kappa shape index (κ2) is 7.70. The molecule has 0 unspecified atom stereocenters. The number of carbonyl (C=O) groups excluding carboxylic acids is 1. The zero-order valence-electron chi connectivity index (χ0n) is 11.6. The van der Waals surface area contributed by atoms with Crippen LogP contribution in [0.1, 0.15) is 10.4 Å². The van der Waals surface area contributed by atoms with E-state index < -0.39 is 0 Å². The van der Waals surface area contributed by atoms with Crippen molar-refractivity contribution in [3.63, 3.8) is 0 Å². The van der Waals surface area contributed by atoms with Gasteiger partial charge in [-0.2, -0.15) is 0 Å². The zero-order valence-corrected chi connectivity index (χ0v) is 13.2. The van der Waals surface area contributed by atoms with E-state index in [4.69, 9.17) is 28.9 Å². The Morgan fingerprint density at radius 3 is 2.57 bits per heavy atom. The van der Waals surface area contributed by atoms with Crippen LogP contribution in [-0.2, 0) is 0 Å². The Hall–Kier alpha value is -1.21. The first-order valence-electron chi connectivity index (χ1n) is 6.80. The highest BCUT2D eigenvalue weighted by atomic mass is 35.5. The molecule has 0 atom stereocenters. The van der Waals surface area contributed by atoms with Gasteiger partial charge in [0.1, 0.15) is 0 Å². The molecule has 1 aliphatic rings. The molecule has 0 aliphatic carbocycles. The van der Waals surface area contributed by atoms with Crippen molar-refractivity contribution in [1.82, 2.24) is 15.1 Å². The minimum absolute atomic E-state index is 0.160. The van der Waals surface area contributed by atoms with Crippen LogP contribution < -0.4 is 5.32 Å². The lowest BCUT2D eigenvalue weighted by molar-refractivity contribution is 0.0968. The molecule has 0 bridgehead atoms. The van der Waals surface area contributed by atoms with Crippen LogP contribution in [0.3, 0.4) is 0 Å². The van der Waals surface area contributed by atoms with Gasteiger partial charge in [0.25, 0.3) is 5.91 Å². The molecule has 2 rings (SSSR count). The molecule has 0 saturated carbocycles. The summed E-state index contributed by atoms with van der Waals surface area (Å²) in [4.78, 5) is 16.3. The highest BCUT2D eigenvalue weighted by Crippen LogP contribution is 2.14. The molecule has 21 heavy (non-hydrogen) atoms. The number of benzene rings is 1. The molecule has 1 aromatic rings. The van der Waals surface area contributed by atoms with Gasteiger partial charge in [-0.25, -0.2) is 0 Å². The molecule has 1 aromatic carbocycles. The Morgan fingerprint density at radius 2 is 1.95 bits per heavy atom. The minimum Gasteiger partial charge on any atom is -0.395 e. The number of hydrogen-bond donors (Lipinski definition) is 2. The Morgan fingerprint density at radius 1 is 1.29 bits per heavy atom. The average molecular weight is 328 g/mol. The molecular weight excluding hydrogens is 310 g/mol. The normalized spacial score (nSPS) is 15.8. The molecule has 1 aliphatic heterocycles. The second-order valence-corrected chi connectivity index (χ2v) is 5.59. The summed E-state index contributed by atoms with van der Waals surface area (Å²) in [6.45, 7) is 3.95. The van der Waals surface area contributed by atoms with E-state index >= 15 is 0 Å². The maximum absolute atomic E-state index is 12.1. The first-order chi connectivity index (χ1) is 10.1. The van der Waals surface area contributed by atoms with Crippen molar-refractivity contribution in [2.24, 2.45) is 0 Å². The fraction of sp³-hybridized carbons (Fsp3) is 0.429. The van der Waals surface area contributed by atoms with E-state index in [-0.39, 0.29) is 12.5 Å². The average Bonchev–Trinajstić information content (AvgIpc) is 2.48. The molecule has 5 nitrogen and oxygen atoms in total. The second-order valence-electron chi connectivity index (χ2n) is 4.79. The quantitative estimate of drug-likeness (QED) is 0.810. The van der Waals surface area contributed by atoms with Gasteiger partial charge < -0.3 is 10.0 Å². The number of β-amino-alcohol motifs (C(OH)–C–C–N with tert-alkyl or cyclic N) is 1. The van der Waals surface area contributed by atoms with E-state index in [0.717, 1.165) is 26.2 Å². The van der Waals surface area contributed by atoms with Crippen molar-refractivity contribution in [1.29, 1.82) is 0 Å². The monoisotopic (exact) mass is 327 g/mol. The van der Waals surface area contributed by atoms with Crippen LogP contribution in [0.25, 0.3) is 0 Å². The van der Waals surface area contributed by atoms with E-state index in [2.05, 4.69) is 10.2 Å². The van der Waals surface area contributed by atoms with Crippen LogP contribution in [0, 0.1) is 0 Å². The lowest BCUT2D eigenvalue weighted by atomic mass is 10.2. The van der Waals surface area contributed by atoms with Crippen molar-refractivity contribution in [3.8, 4) is 0 Å². The number of nitrogens with one attached hydrogen (secondary N) is 1. The maximum atomic E-state index is 12.1. The number of halogens is 1. The number of rotatable bonds is 3. The Balaban J connectivity index is 1.88. The predicted octanol–water partition coefficient (Wildman–Crippen LogP) is 0.965. The fourth-order valence-electron chi connectivity index (χ4n) is 2.20. The highest BCUT2D eigenvalue weighted by Gasteiger charge is 2.20. The summed E-state index contributed by atoms with van der Waals surface area (Å²) in [5.41, 5.74) is 0.417. The summed E-state index contributed by atoms with van der Waals surface area (Å²) in [5.74, 6) is -0.289. The number of aliphatic hydroxyl groups is 1. The maximum Gasteiger partial charge on any atom is 0.258 e. The molecule has 114 valence electrons. The molecule has 0 aromatic heterocycles. The van der Waals surface area contributed by atoms with Gasteiger partial charge >= 0.3 is 0 Å². The Kier molecular flexibility index (Phi) is 5.93. The lowest BCUT2D eigenvalue weighted by Gasteiger charge is -2.35. The number of thiocarbonyl (C=S) groups is 1. The van der Waals surface area contributed by atoms with Gasteiger partial charge in [0, 0.05) is 32.7 Å². The van der Waals surface area contributed by atoms with Gasteiger partial charge in [0.05, 0.1) is 17.2 Å². The third-order valence-corrected chi connectivity index (χ3v) is 4.10. The predicted molar refractivity (Wildman–Crippen MR) is 86.6 cm³/mol. The third-order valence-electron chi connectivity index (χ3n) is 3.41. The Labute approximate surface area is 134 Å². The molecule has 7 heteroatoms. The molecule has 1 amide bonds. The molecule has 0 spiro atoms. The number of hydrogen-bond acceptors (Lipinski definition) is 4. The summed E-state index contributed by atoms with van der Waals surface area (Å²) in [5, 5.41) is 12.5. The molecule has 1 fully saturated rings. The highest BCUT2D eigenvalue weighted by molar-refractivity contribution is 7.80. The van der Waals surface area contributed by atoms with Crippen molar-refractivity contribution in [2.45, 2.75) is 0 Å². The van der Waals surface area contributed by atoms with Crippen LogP contribution in [0.2, 0.25) is 5.02 Å². The van der Waals surface area contributed by atoms with Crippen LogP contribution >= 0.6 is 23.8 Å². The Bertz CT molecular complexity index is 519.